The molecule has 0 radical (unpaired) electrons. The molecule has 0 aliphatic heterocycles. The van der Waals surface area contributed by atoms with Gasteiger partial charge in [0.05, 0.1) is 7.11 Å². The molecule has 1 heterocycles. The molecule has 0 bridgehead atoms. The van der Waals surface area contributed by atoms with Crippen LogP contribution in [0.15, 0.2) is 33.2 Å². The van der Waals surface area contributed by atoms with E-state index >= 15 is 0 Å². The molecular weight excluding hydrogens is 284 g/mol. The molecule has 0 amide bonds. The maximum Gasteiger partial charge on any atom is 0.316 e. The molecule has 1 aromatic heterocycles. The number of furan rings is 1. The Morgan fingerprint density at radius 3 is 2.88 bits per heavy atom. The summed E-state index contributed by atoms with van der Waals surface area (Å²) in [6.45, 7) is 1.94. The van der Waals surface area contributed by atoms with Crippen molar-refractivity contribution >= 4 is 32.9 Å². The Hall–Kier alpha value is -1.29. The Morgan fingerprint density at radius 1 is 1.47 bits per heavy atom. The van der Waals surface area contributed by atoms with Crippen molar-refractivity contribution in [3.8, 4) is 0 Å². The van der Waals surface area contributed by atoms with Crippen LogP contribution in [0.3, 0.4) is 0 Å². The predicted molar refractivity (Wildman–Crippen MR) is 69.0 cm³/mol. The lowest BCUT2D eigenvalue weighted by atomic mass is 10.0. The van der Waals surface area contributed by atoms with E-state index in [2.05, 4.69) is 15.9 Å². The van der Waals surface area contributed by atoms with Gasteiger partial charge in [-0.1, -0.05) is 22.9 Å². The van der Waals surface area contributed by atoms with Gasteiger partial charge in [0.1, 0.15) is 17.3 Å². The number of fused-ring (bicyclic) bond motifs is 1. The van der Waals surface area contributed by atoms with Gasteiger partial charge < -0.3 is 9.15 Å². The predicted octanol–water partition coefficient (Wildman–Crippen LogP) is 3.86. The lowest BCUT2D eigenvalue weighted by molar-refractivity contribution is -0.142. The molecule has 0 saturated carbocycles. The van der Waals surface area contributed by atoms with Crippen molar-refractivity contribution in [1.29, 1.82) is 0 Å². The molecule has 1 unspecified atom stereocenters. The van der Waals surface area contributed by atoms with E-state index in [1.807, 2.05) is 31.2 Å². The fraction of sp³-hybridized carbons (Fsp3) is 0.308. The summed E-state index contributed by atoms with van der Waals surface area (Å²) in [4.78, 5) is 11.6. The molecule has 0 N–H and O–H groups in total. The Labute approximate surface area is 108 Å². The highest BCUT2D eigenvalue weighted by Crippen LogP contribution is 2.29. The SMILES string of the molecule is CCC(C(=O)OC)c1cc2cc(Br)ccc2o1. The van der Waals surface area contributed by atoms with Crippen molar-refractivity contribution in [1.82, 2.24) is 0 Å². The molecular formula is C13H13BrO3. The van der Waals surface area contributed by atoms with Gasteiger partial charge in [0.15, 0.2) is 0 Å². The molecule has 0 spiro atoms. The number of methoxy groups -OCH3 is 1. The van der Waals surface area contributed by atoms with E-state index in [0.29, 0.717) is 12.2 Å². The normalized spacial score (nSPS) is 12.6. The van der Waals surface area contributed by atoms with Crippen molar-refractivity contribution < 1.29 is 13.9 Å². The molecule has 2 rings (SSSR count). The number of esters is 1. The number of benzene rings is 1. The minimum absolute atomic E-state index is 0.259. The molecule has 17 heavy (non-hydrogen) atoms. The summed E-state index contributed by atoms with van der Waals surface area (Å²) < 4.78 is 11.4. The van der Waals surface area contributed by atoms with Crippen LogP contribution in [0.1, 0.15) is 25.0 Å². The first-order chi connectivity index (χ1) is 8.15. The van der Waals surface area contributed by atoms with E-state index in [1.54, 1.807) is 0 Å². The monoisotopic (exact) mass is 296 g/mol. The minimum atomic E-state index is -0.328. The zero-order valence-electron chi connectivity index (χ0n) is 9.70. The van der Waals surface area contributed by atoms with Crippen LogP contribution >= 0.6 is 15.9 Å². The van der Waals surface area contributed by atoms with Crippen LogP contribution in [0.2, 0.25) is 0 Å². The maximum absolute atomic E-state index is 11.6. The molecule has 1 aromatic carbocycles. The Morgan fingerprint density at radius 2 is 2.24 bits per heavy atom. The van der Waals surface area contributed by atoms with Gasteiger partial charge in [0.2, 0.25) is 0 Å². The molecule has 3 nitrogen and oxygen atoms in total. The van der Waals surface area contributed by atoms with E-state index < -0.39 is 0 Å². The first-order valence-electron chi connectivity index (χ1n) is 5.42. The molecule has 0 aliphatic rings. The quantitative estimate of drug-likeness (QED) is 0.807. The fourth-order valence-electron chi connectivity index (χ4n) is 1.83. The molecule has 2 aromatic rings. The van der Waals surface area contributed by atoms with Crippen molar-refractivity contribution in [2.45, 2.75) is 19.3 Å². The van der Waals surface area contributed by atoms with E-state index in [1.165, 1.54) is 7.11 Å². The van der Waals surface area contributed by atoms with Crippen LogP contribution < -0.4 is 0 Å². The minimum Gasteiger partial charge on any atom is -0.468 e. The Kier molecular flexibility index (Phi) is 3.52. The van der Waals surface area contributed by atoms with Crippen molar-refractivity contribution in [2.75, 3.05) is 7.11 Å². The first kappa shape index (κ1) is 12.2. The van der Waals surface area contributed by atoms with Crippen LogP contribution in [0, 0.1) is 0 Å². The highest BCUT2D eigenvalue weighted by atomic mass is 79.9. The summed E-state index contributed by atoms with van der Waals surface area (Å²) in [6.07, 6.45) is 0.660. The van der Waals surface area contributed by atoms with Gasteiger partial charge in [-0.05, 0) is 30.7 Å². The smallest absolute Gasteiger partial charge is 0.316 e. The van der Waals surface area contributed by atoms with Gasteiger partial charge >= 0.3 is 5.97 Å². The van der Waals surface area contributed by atoms with Crippen LogP contribution in [0.4, 0.5) is 0 Å². The average molecular weight is 297 g/mol. The van der Waals surface area contributed by atoms with Gasteiger partial charge in [-0.15, -0.1) is 0 Å². The molecule has 0 aliphatic carbocycles. The van der Waals surface area contributed by atoms with Gasteiger partial charge in [-0.2, -0.15) is 0 Å². The van der Waals surface area contributed by atoms with Gasteiger partial charge in [-0.25, -0.2) is 0 Å². The topological polar surface area (TPSA) is 39.4 Å². The third kappa shape index (κ3) is 2.36. The number of rotatable bonds is 3. The summed E-state index contributed by atoms with van der Waals surface area (Å²) in [5, 5.41) is 0.983. The third-order valence-electron chi connectivity index (χ3n) is 2.73. The maximum atomic E-state index is 11.6. The second kappa shape index (κ2) is 4.92. The van der Waals surface area contributed by atoms with E-state index in [0.717, 1.165) is 15.4 Å². The van der Waals surface area contributed by atoms with E-state index in [-0.39, 0.29) is 11.9 Å². The number of ether oxygens (including phenoxy) is 1. The highest BCUT2D eigenvalue weighted by Gasteiger charge is 2.23. The Bertz CT molecular complexity index is 545. The van der Waals surface area contributed by atoms with Crippen LogP contribution in [0.25, 0.3) is 11.0 Å². The summed E-state index contributed by atoms with van der Waals surface area (Å²) in [6, 6.07) is 7.65. The lowest BCUT2D eigenvalue weighted by Crippen LogP contribution is -2.12. The Balaban J connectivity index is 2.44. The van der Waals surface area contributed by atoms with Gasteiger partial charge in [-0.3, -0.25) is 4.79 Å². The number of halogens is 1. The molecule has 4 heteroatoms. The zero-order chi connectivity index (χ0) is 12.4. The largest absolute Gasteiger partial charge is 0.468 e. The lowest BCUT2D eigenvalue weighted by Gasteiger charge is -2.08. The van der Waals surface area contributed by atoms with E-state index in [9.17, 15) is 4.79 Å². The molecule has 90 valence electrons. The van der Waals surface area contributed by atoms with Crippen molar-refractivity contribution in [3.63, 3.8) is 0 Å². The number of carbonyl (C=O) groups is 1. The van der Waals surface area contributed by atoms with Crippen LogP contribution in [-0.2, 0) is 9.53 Å². The number of carbonyl (C=O) groups excluding carboxylic acids is 1. The van der Waals surface area contributed by atoms with Crippen LogP contribution in [0.5, 0.6) is 0 Å². The number of hydrogen-bond donors (Lipinski definition) is 0. The second-order valence-corrected chi connectivity index (χ2v) is 4.73. The zero-order valence-corrected chi connectivity index (χ0v) is 11.3. The summed E-state index contributed by atoms with van der Waals surface area (Å²) >= 11 is 3.41. The highest BCUT2D eigenvalue weighted by molar-refractivity contribution is 9.10. The molecule has 0 saturated heterocycles. The molecule has 0 fully saturated rings. The second-order valence-electron chi connectivity index (χ2n) is 3.81. The average Bonchev–Trinajstić information content (AvgIpc) is 2.72. The summed E-state index contributed by atoms with van der Waals surface area (Å²) in [7, 11) is 1.39. The van der Waals surface area contributed by atoms with Gasteiger partial charge in [0, 0.05) is 9.86 Å². The van der Waals surface area contributed by atoms with Crippen LogP contribution in [-0.4, -0.2) is 13.1 Å². The summed E-state index contributed by atoms with van der Waals surface area (Å²) in [5.41, 5.74) is 0.783. The van der Waals surface area contributed by atoms with Crippen molar-refractivity contribution in [3.05, 3.63) is 34.5 Å². The first-order valence-corrected chi connectivity index (χ1v) is 6.21. The fourth-order valence-corrected chi connectivity index (χ4v) is 2.21. The van der Waals surface area contributed by atoms with Gasteiger partial charge in [0.25, 0.3) is 0 Å². The van der Waals surface area contributed by atoms with E-state index in [4.69, 9.17) is 9.15 Å². The summed E-state index contributed by atoms with van der Waals surface area (Å²) in [5.74, 6) is 0.0734. The van der Waals surface area contributed by atoms with Crippen molar-refractivity contribution in [2.24, 2.45) is 0 Å². The molecule has 1 atom stereocenters. The number of hydrogen-bond acceptors (Lipinski definition) is 3. The standard InChI is InChI=1S/C13H13BrO3/c1-3-10(13(15)16-2)12-7-8-6-9(14)4-5-11(8)17-12/h4-7,10H,3H2,1-2H3. The third-order valence-corrected chi connectivity index (χ3v) is 3.23.